The quantitative estimate of drug-likeness (QED) is 0.697. The van der Waals surface area contributed by atoms with Crippen molar-refractivity contribution in [1.29, 1.82) is 0 Å². The number of aliphatic hydroxyl groups excluding tert-OH is 1. The Labute approximate surface area is 157 Å². The van der Waals surface area contributed by atoms with E-state index in [0.29, 0.717) is 6.42 Å². The van der Waals surface area contributed by atoms with Crippen LogP contribution in [0.2, 0.25) is 0 Å². The molecule has 0 fully saturated rings. The Bertz CT molecular complexity index is 789. The van der Waals surface area contributed by atoms with E-state index in [1.54, 1.807) is 0 Å². The van der Waals surface area contributed by atoms with Gasteiger partial charge in [-0.2, -0.15) is 0 Å². The molecule has 0 saturated carbocycles. The summed E-state index contributed by atoms with van der Waals surface area (Å²) in [6, 6.07) is 14.5. The molecule has 142 valence electrons. The molecule has 0 aromatic heterocycles. The van der Waals surface area contributed by atoms with Crippen molar-refractivity contribution in [3.8, 4) is 11.1 Å². The Balaban J connectivity index is 1.69. The number of carbonyl (C=O) groups excluding carboxylic acids is 1. The summed E-state index contributed by atoms with van der Waals surface area (Å²) in [5, 5.41) is 21.4. The third-order valence-corrected chi connectivity index (χ3v) is 4.85. The molecule has 3 N–H and O–H groups in total. The number of aliphatic hydroxyl groups is 1. The fraction of sp³-hybridized carbons (Fsp3) is 0.333. The molecule has 0 bridgehead atoms. The largest absolute Gasteiger partial charge is 0.480 e. The molecule has 2 aromatic rings. The van der Waals surface area contributed by atoms with E-state index in [-0.39, 0.29) is 18.9 Å². The molecular formula is C21H23NO5. The van der Waals surface area contributed by atoms with Crippen LogP contribution in [0.1, 0.15) is 36.8 Å². The van der Waals surface area contributed by atoms with E-state index in [2.05, 4.69) is 5.32 Å². The van der Waals surface area contributed by atoms with Crippen LogP contribution in [0.3, 0.4) is 0 Å². The maximum absolute atomic E-state index is 12.1. The Morgan fingerprint density at radius 2 is 1.63 bits per heavy atom. The van der Waals surface area contributed by atoms with Gasteiger partial charge < -0.3 is 20.3 Å². The van der Waals surface area contributed by atoms with Gasteiger partial charge in [0.2, 0.25) is 0 Å². The van der Waals surface area contributed by atoms with Gasteiger partial charge in [-0.05, 0) is 28.7 Å². The fourth-order valence-electron chi connectivity index (χ4n) is 3.55. The minimum atomic E-state index is -1.39. The van der Waals surface area contributed by atoms with Gasteiger partial charge >= 0.3 is 12.1 Å². The van der Waals surface area contributed by atoms with Crippen molar-refractivity contribution < 1.29 is 24.5 Å². The highest BCUT2D eigenvalue weighted by molar-refractivity contribution is 5.81. The number of nitrogens with one attached hydrogen (secondary N) is 1. The minimum absolute atomic E-state index is 0.0933. The van der Waals surface area contributed by atoms with E-state index < -0.39 is 24.2 Å². The van der Waals surface area contributed by atoms with Gasteiger partial charge in [-0.15, -0.1) is 0 Å². The molecule has 2 aromatic carbocycles. The van der Waals surface area contributed by atoms with Crippen LogP contribution < -0.4 is 5.32 Å². The molecule has 3 rings (SSSR count). The van der Waals surface area contributed by atoms with Crippen molar-refractivity contribution >= 4 is 12.1 Å². The Morgan fingerprint density at radius 3 is 2.15 bits per heavy atom. The van der Waals surface area contributed by atoms with Crippen LogP contribution in [0, 0.1) is 0 Å². The van der Waals surface area contributed by atoms with Crippen molar-refractivity contribution in [3.05, 3.63) is 59.7 Å². The van der Waals surface area contributed by atoms with Crippen molar-refractivity contribution in [2.45, 2.75) is 37.8 Å². The second-order valence-electron chi connectivity index (χ2n) is 6.64. The predicted octanol–water partition coefficient (Wildman–Crippen LogP) is 3.14. The first-order chi connectivity index (χ1) is 13.0. The maximum Gasteiger partial charge on any atom is 0.407 e. The number of carboxylic acid groups (broad SMARTS) is 1. The first-order valence-electron chi connectivity index (χ1n) is 9.05. The van der Waals surface area contributed by atoms with Crippen molar-refractivity contribution in [3.63, 3.8) is 0 Å². The second kappa shape index (κ2) is 8.22. The number of hydrogen-bond donors (Lipinski definition) is 3. The molecule has 0 unspecified atom stereocenters. The van der Waals surface area contributed by atoms with Gasteiger partial charge in [0, 0.05) is 5.92 Å². The monoisotopic (exact) mass is 369 g/mol. The third-order valence-electron chi connectivity index (χ3n) is 4.85. The summed E-state index contributed by atoms with van der Waals surface area (Å²) in [6.07, 6.45) is -1.12. The second-order valence-corrected chi connectivity index (χ2v) is 6.64. The molecule has 0 spiro atoms. The summed E-state index contributed by atoms with van der Waals surface area (Å²) in [7, 11) is 0. The zero-order valence-corrected chi connectivity index (χ0v) is 15.1. The molecule has 0 radical (unpaired) electrons. The number of hydrogen-bond acceptors (Lipinski definition) is 4. The Morgan fingerprint density at radius 1 is 1.07 bits per heavy atom. The van der Waals surface area contributed by atoms with Gasteiger partial charge in [0.1, 0.15) is 6.61 Å². The van der Waals surface area contributed by atoms with Gasteiger partial charge in [-0.1, -0.05) is 61.9 Å². The zero-order chi connectivity index (χ0) is 19.4. The average Bonchev–Trinajstić information content (AvgIpc) is 2.98. The average molecular weight is 369 g/mol. The normalized spacial score (nSPS) is 14.7. The van der Waals surface area contributed by atoms with E-state index in [1.807, 2.05) is 55.5 Å². The number of rotatable bonds is 7. The van der Waals surface area contributed by atoms with E-state index in [1.165, 1.54) is 0 Å². The highest BCUT2D eigenvalue weighted by Gasteiger charge is 2.31. The molecule has 0 saturated heterocycles. The number of alkyl carbamates (subject to hydrolysis) is 1. The Kier molecular flexibility index (Phi) is 5.76. The summed E-state index contributed by atoms with van der Waals surface area (Å²) in [4.78, 5) is 23.4. The minimum Gasteiger partial charge on any atom is -0.480 e. The molecular weight excluding hydrogens is 346 g/mol. The lowest BCUT2D eigenvalue weighted by molar-refractivity contribution is -0.142. The number of fused-ring (bicyclic) bond motifs is 3. The number of amides is 1. The third kappa shape index (κ3) is 3.95. The van der Waals surface area contributed by atoms with Crippen LogP contribution in [0.4, 0.5) is 4.79 Å². The van der Waals surface area contributed by atoms with E-state index in [9.17, 15) is 19.8 Å². The molecule has 1 amide bonds. The first kappa shape index (κ1) is 18.9. The summed E-state index contributed by atoms with van der Waals surface area (Å²) >= 11 is 0. The standard InChI is InChI=1S/C21H23NO5/c1-2-7-18(23)19(20(24)25)22-21(26)27-12-17-15-10-5-3-8-13(15)14-9-4-6-11-16(14)17/h3-6,8-11,17-19,23H,2,7,12H2,1H3,(H,22,26)(H,24,25)/t18-,19+/m1/s1. The summed E-state index contributed by atoms with van der Waals surface area (Å²) < 4.78 is 5.32. The summed E-state index contributed by atoms with van der Waals surface area (Å²) in [6.45, 7) is 1.92. The lowest BCUT2D eigenvalue weighted by Crippen LogP contribution is -2.49. The van der Waals surface area contributed by atoms with Gasteiger partial charge in [0.05, 0.1) is 6.10 Å². The topological polar surface area (TPSA) is 95.9 Å². The van der Waals surface area contributed by atoms with Crippen LogP contribution >= 0.6 is 0 Å². The summed E-state index contributed by atoms with van der Waals surface area (Å²) in [5.74, 6) is -1.39. The van der Waals surface area contributed by atoms with Crippen LogP contribution in [0.5, 0.6) is 0 Å². The first-order valence-corrected chi connectivity index (χ1v) is 9.05. The Hall–Kier alpha value is -2.86. The molecule has 27 heavy (non-hydrogen) atoms. The van der Waals surface area contributed by atoms with Gasteiger partial charge in [0.15, 0.2) is 6.04 Å². The van der Waals surface area contributed by atoms with Crippen LogP contribution in [0.25, 0.3) is 11.1 Å². The lowest BCUT2D eigenvalue weighted by atomic mass is 9.98. The molecule has 0 heterocycles. The SMILES string of the molecule is CCC[C@@H](O)[C@H](NC(=O)OCC1c2ccccc2-c2ccccc21)C(=O)O. The number of carboxylic acids is 1. The van der Waals surface area contributed by atoms with E-state index in [4.69, 9.17) is 4.74 Å². The fourth-order valence-corrected chi connectivity index (χ4v) is 3.55. The highest BCUT2D eigenvalue weighted by Crippen LogP contribution is 2.44. The molecule has 6 nitrogen and oxygen atoms in total. The van der Waals surface area contributed by atoms with Gasteiger partial charge in [-0.25, -0.2) is 9.59 Å². The maximum atomic E-state index is 12.1. The smallest absolute Gasteiger partial charge is 0.407 e. The number of carbonyl (C=O) groups is 2. The molecule has 2 atom stereocenters. The van der Waals surface area contributed by atoms with E-state index in [0.717, 1.165) is 22.3 Å². The van der Waals surface area contributed by atoms with Crippen molar-refractivity contribution in [2.75, 3.05) is 6.61 Å². The van der Waals surface area contributed by atoms with E-state index >= 15 is 0 Å². The van der Waals surface area contributed by atoms with Crippen LogP contribution in [0.15, 0.2) is 48.5 Å². The molecule has 1 aliphatic rings. The molecule has 0 aliphatic heterocycles. The lowest BCUT2D eigenvalue weighted by Gasteiger charge is -2.20. The number of ether oxygens (including phenoxy) is 1. The predicted molar refractivity (Wildman–Crippen MR) is 101 cm³/mol. The van der Waals surface area contributed by atoms with Crippen molar-refractivity contribution in [1.82, 2.24) is 5.32 Å². The van der Waals surface area contributed by atoms with Gasteiger partial charge in [0.25, 0.3) is 0 Å². The van der Waals surface area contributed by atoms with Crippen molar-refractivity contribution in [2.24, 2.45) is 0 Å². The molecule has 6 heteroatoms. The zero-order valence-electron chi connectivity index (χ0n) is 15.1. The van der Waals surface area contributed by atoms with Crippen LogP contribution in [-0.4, -0.2) is 41.0 Å². The highest BCUT2D eigenvalue weighted by atomic mass is 16.5. The van der Waals surface area contributed by atoms with Crippen LogP contribution in [-0.2, 0) is 9.53 Å². The van der Waals surface area contributed by atoms with Gasteiger partial charge in [-0.3, -0.25) is 0 Å². The summed E-state index contributed by atoms with van der Waals surface area (Å²) in [5.41, 5.74) is 4.38. The molecule has 1 aliphatic carbocycles. The number of benzene rings is 2. The number of aliphatic carboxylic acids is 1.